The van der Waals surface area contributed by atoms with E-state index >= 15 is 0 Å². The number of quaternary nitrogens is 1. The molecule has 34 heavy (non-hydrogen) atoms. The van der Waals surface area contributed by atoms with Crippen molar-refractivity contribution in [1.29, 1.82) is 0 Å². The number of piperidine rings is 1. The molecule has 2 heterocycles. The summed E-state index contributed by atoms with van der Waals surface area (Å²) in [6, 6.07) is 10.4. The molecule has 1 fully saturated rings. The Bertz CT molecular complexity index is 1100. The van der Waals surface area contributed by atoms with Gasteiger partial charge < -0.3 is 24.8 Å². The zero-order valence-corrected chi connectivity index (χ0v) is 19.1. The molecule has 0 aliphatic carbocycles. The van der Waals surface area contributed by atoms with Crippen LogP contribution in [0.3, 0.4) is 0 Å². The summed E-state index contributed by atoms with van der Waals surface area (Å²) in [6.07, 6.45) is 0.250. The number of carbonyl (C=O) groups is 1. The van der Waals surface area contributed by atoms with E-state index in [4.69, 9.17) is 0 Å². The molecule has 0 radical (unpaired) electrons. The summed E-state index contributed by atoms with van der Waals surface area (Å²) in [4.78, 5) is 16.3. The van der Waals surface area contributed by atoms with Crippen molar-refractivity contribution in [2.75, 3.05) is 40.3 Å². The highest BCUT2D eigenvalue weighted by Crippen LogP contribution is 2.41. The van der Waals surface area contributed by atoms with Gasteiger partial charge in [-0.3, -0.25) is 0 Å². The maximum Gasteiger partial charge on any atom is 0.321 e. The molecule has 6 nitrogen and oxygen atoms in total. The molecule has 1 saturated heterocycles. The van der Waals surface area contributed by atoms with E-state index in [1.54, 1.807) is 36.4 Å². The van der Waals surface area contributed by atoms with Crippen LogP contribution in [0.2, 0.25) is 0 Å². The molecule has 2 aliphatic heterocycles. The maximum absolute atomic E-state index is 14.9. The number of rotatable bonds is 4. The fraction of sp³-hybridized carbons (Fsp3) is 0.400. The molecular weight excluding hydrogens is 447 g/mol. The van der Waals surface area contributed by atoms with Gasteiger partial charge in [-0.1, -0.05) is 30.3 Å². The summed E-state index contributed by atoms with van der Waals surface area (Å²) >= 11 is 0. The maximum atomic E-state index is 14.9. The molecule has 0 aromatic heterocycles. The van der Waals surface area contributed by atoms with Gasteiger partial charge >= 0.3 is 6.03 Å². The van der Waals surface area contributed by atoms with E-state index in [-0.39, 0.29) is 31.6 Å². The van der Waals surface area contributed by atoms with Gasteiger partial charge in [-0.05, 0) is 35.4 Å². The quantitative estimate of drug-likeness (QED) is 0.542. The van der Waals surface area contributed by atoms with Gasteiger partial charge in [0.2, 0.25) is 0 Å². The third-order valence-corrected chi connectivity index (χ3v) is 6.92. The van der Waals surface area contributed by atoms with Gasteiger partial charge in [0.15, 0.2) is 6.17 Å². The first-order valence-corrected chi connectivity index (χ1v) is 11.2. The Labute approximate surface area is 196 Å². The first kappa shape index (κ1) is 24.3. The summed E-state index contributed by atoms with van der Waals surface area (Å²) in [5, 5.41) is 22.7. The van der Waals surface area contributed by atoms with Crippen molar-refractivity contribution in [2.45, 2.75) is 24.2 Å². The van der Waals surface area contributed by atoms with Gasteiger partial charge in [-0.25, -0.2) is 18.0 Å². The predicted molar refractivity (Wildman–Crippen MR) is 122 cm³/mol. The molecule has 0 bridgehead atoms. The lowest BCUT2D eigenvalue weighted by Gasteiger charge is -2.48. The first-order chi connectivity index (χ1) is 16.1. The predicted octanol–water partition coefficient (Wildman–Crippen LogP) is 3.66. The van der Waals surface area contributed by atoms with Crippen molar-refractivity contribution >= 4 is 11.6 Å². The van der Waals surface area contributed by atoms with Gasteiger partial charge in [0.25, 0.3) is 0 Å². The van der Waals surface area contributed by atoms with Crippen molar-refractivity contribution in [3.8, 4) is 0 Å². The van der Waals surface area contributed by atoms with Crippen LogP contribution in [0.5, 0.6) is 0 Å². The summed E-state index contributed by atoms with van der Waals surface area (Å²) in [7, 11) is 2.87. The SMILES string of the molecule is CN(C(=O)N1CC(c2cc(F)ccc2F)=C[C@@]1(CO)c1ccccc1)[C@@H]1CC[N+](C)([O-])C[C@@H]1F. The first-order valence-electron chi connectivity index (χ1n) is 11.2. The fourth-order valence-electron chi connectivity index (χ4n) is 4.99. The molecule has 2 aromatic carbocycles. The lowest BCUT2D eigenvalue weighted by atomic mass is 9.89. The Morgan fingerprint density at radius 2 is 1.97 bits per heavy atom. The molecule has 2 amide bonds. The van der Waals surface area contributed by atoms with Crippen LogP contribution in [0.25, 0.3) is 5.57 Å². The van der Waals surface area contributed by atoms with Crippen molar-refractivity contribution < 1.29 is 27.7 Å². The second-order valence-electron chi connectivity index (χ2n) is 9.30. The summed E-state index contributed by atoms with van der Waals surface area (Å²) in [5.74, 6) is -1.28. The van der Waals surface area contributed by atoms with E-state index in [0.717, 1.165) is 18.2 Å². The van der Waals surface area contributed by atoms with Gasteiger partial charge in [-0.2, -0.15) is 0 Å². The Morgan fingerprint density at radius 3 is 2.62 bits per heavy atom. The average Bonchev–Trinajstić information content (AvgIpc) is 3.20. The smallest absolute Gasteiger partial charge is 0.321 e. The largest absolute Gasteiger partial charge is 0.633 e. The van der Waals surface area contributed by atoms with E-state index in [9.17, 15) is 28.3 Å². The minimum absolute atomic E-state index is 0.00725. The number of hydrogen-bond acceptors (Lipinski definition) is 3. The number of hydrogen-bond donors (Lipinski definition) is 1. The van der Waals surface area contributed by atoms with Crippen LogP contribution in [0.1, 0.15) is 17.5 Å². The van der Waals surface area contributed by atoms with Crippen LogP contribution in [-0.2, 0) is 5.54 Å². The number of aliphatic hydroxyl groups excluding tert-OH is 1. The molecule has 4 atom stereocenters. The Kier molecular flexibility index (Phi) is 6.46. The van der Waals surface area contributed by atoms with Crippen molar-refractivity contribution in [3.63, 3.8) is 0 Å². The third kappa shape index (κ3) is 4.31. The van der Waals surface area contributed by atoms with E-state index in [0.29, 0.717) is 11.1 Å². The van der Waals surface area contributed by atoms with Crippen LogP contribution in [-0.4, -0.2) is 78.1 Å². The van der Waals surface area contributed by atoms with Crippen LogP contribution in [0, 0.1) is 16.8 Å². The highest BCUT2D eigenvalue weighted by atomic mass is 19.1. The monoisotopic (exact) mass is 475 g/mol. The van der Waals surface area contributed by atoms with Gasteiger partial charge in [0, 0.05) is 25.6 Å². The second kappa shape index (κ2) is 9.05. The van der Waals surface area contributed by atoms with Crippen LogP contribution in [0.15, 0.2) is 54.6 Å². The van der Waals surface area contributed by atoms with Gasteiger partial charge in [0.05, 0.1) is 26.2 Å². The van der Waals surface area contributed by atoms with Crippen LogP contribution >= 0.6 is 0 Å². The molecule has 1 N–H and O–H groups in total. The van der Waals surface area contributed by atoms with Crippen LogP contribution in [0.4, 0.5) is 18.0 Å². The minimum Gasteiger partial charge on any atom is -0.633 e. The number of benzene rings is 2. The number of halogens is 3. The lowest BCUT2D eigenvalue weighted by molar-refractivity contribution is -0.869. The van der Waals surface area contributed by atoms with Crippen molar-refractivity contribution in [3.05, 3.63) is 82.6 Å². The van der Waals surface area contributed by atoms with Gasteiger partial charge in [-0.15, -0.1) is 0 Å². The van der Waals surface area contributed by atoms with E-state index in [1.165, 1.54) is 23.9 Å². The number of nitrogens with zero attached hydrogens (tertiary/aromatic N) is 3. The Hall–Kier alpha value is -2.88. The van der Waals surface area contributed by atoms with E-state index < -0.39 is 46.7 Å². The summed E-state index contributed by atoms with van der Waals surface area (Å²) < 4.78 is 42.7. The molecule has 1 unspecified atom stereocenters. The molecular formula is C25H28F3N3O3. The molecule has 2 aromatic rings. The topological polar surface area (TPSA) is 66.8 Å². The summed E-state index contributed by atoms with van der Waals surface area (Å²) in [6.45, 7) is -0.719. The summed E-state index contributed by atoms with van der Waals surface area (Å²) in [5.41, 5.74) is -0.451. The van der Waals surface area contributed by atoms with Gasteiger partial charge in [0.1, 0.15) is 23.7 Å². The average molecular weight is 476 g/mol. The normalized spacial score (nSPS) is 29.1. The molecule has 182 valence electrons. The zero-order chi connectivity index (χ0) is 24.7. The fourth-order valence-corrected chi connectivity index (χ4v) is 4.99. The molecule has 2 aliphatic rings. The number of carbonyl (C=O) groups excluding carboxylic acids is 1. The standard InChI is InChI=1S/C25H28F3N3O3/c1-29(23-10-11-31(2,34)15-22(23)28)24(33)30-14-17(20-12-19(26)8-9-21(20)27)13-25(30,16-32)18-6-4-3-5-7-18/h3-9,12-13,22-23,32H,10-11,14-16H2,1-2H3/t22-,23+,25+,31?/m0/s1. The third-order valence-electron chi connectivity index (χ3n) is 6.92. The molecule has 0 spiro atoms. The minimum atomic E-state index is -1.51. The highest BCUT2D eigenvalue weighted by molar-refractivity contribution is 5.83. The Morgan fingerprint density at radius 1 is 1.26 bits per heavy atom. The molecule has 0 saturated carbocycles. The number of amides is 2. The Balaban J connectivity index is 1.73. The highest BCUT2D eigenvalue weighted by Gasteiger charge is 2.48. The number of aliphatic hydroxyl groups is 1. The van der Waals surface area contributed by atoms with Crippen molar-refractivity contribution in [2.24, 2.45) is 0 Å². The van der Waals surface area contributed by atoms with E-state index in [2.05, 4.69) is 0 Å². The number of urea groups is 1. The number of alkyl halides is 1. The lowest BCUT2D eigenvalue weighted by Crippen LogP contribution is -2.61. The van der Waals surface area contributed by atoms with E-state index in [1.807, 2.05) is 0 Å². The number of likely N-dealkylation sites (tertiary alicyclic amines) is 1. The zero-order valence-electron chi connectivity index (χ0n) is 19.1. The second-order valence-corrected chi connectivity index (χ2v) is 9.30. The molecule has 4 rings (SSSR count). The number of hydroxylamine groups is 3. The molecule has 9 heteroatoms. The van der Waals surface area contributed by atoms with Crippen LogP contribution < -0.4 is 0 Å². The van der Waals surface area contributed by atoms with Crippen molar-refractivity contribution in [1.82, 2.24) is 9.80 Å².